The van der Waals surface area contributed by atoms with Gasteiger partial charge in [0.15, 0.2) is 0 Å². The average Bonchev–Trinajstić information content (AvgIpc) is 2.32. The van der Waals surface area contributed by atoms with Crippen molar-refractivity contribution < 1.29 is 26.4 Å². The predicted molar refractivity (Wildman–Crippen MR) is 73.1 cm³/mol. The van der Waals surface area contributed by atoms with Gasteiger partial charge in [-0.1, -0.05) is 15.9 Å². The third-order valence-electron chi connectivity index (χ3n) is 2.49. The number of nitrogens with two attached hydrogens (primary N) is 1. The summed E-state index contributed by atoms with van der Waals surface area (Å²) in [6, 6.07) is 3.34. The van der Waals surface area contributed by atoms with Gasteiger partial charge in [-0.15, -0.1) is 0 Å². The number of nitrogens with zero attached hydrogens (tertiary/aromatic N) is 1. The normalized spacial score (nSPS) is 12.3. The van der Waals surface area contributed by atoms with Gasteiger partial charge in [0.1, 0.15) is 6.54 Å². The van der Waals surface area contributed by atoms with E-state index >= 15 is 0 Å². The summed E-state index contributed by atoms with van der Waals surface area (Å²) in [7, 11) is -4.07. The van der Waals surface area contributed by atoms with Crippen LogP contribution < -0.4 is 5.14 Å². The molecule has 0 saturated heterocycles. The maximum absolute atomic E-state index is 12.4. The van der Waals surface area contributed by atoms with Crippen molar-refractivity contribution in [1.29, 1.82) is 0 Å². The molecular weight excluding hydrogens is 377 g/mol. The highest BCUT2D eigenvalue weighted by Crippen LogP contribution is 2.22. The number of hydrogen-bond acceptors (Lipinski definition) is 3. The number of rotatable bonds is 4. The molecule has 1 rings (SSSR count). The van der Waals surface area contributed by atoms with E-state index in [-0.39, 0.29) is 21.5 Å². The van der Waals surface area contributed by atoms with E-state index in [1.807, 2.05) is 0 Å². The molecule has 0 aliphatic heterocycles. The molecule has 1 amide bonds. The van der Waals surface area contributed by atoms with E-state index in [4.69, 9.17) is 5.14 Å². The molecule has 0 aliphatic carbocycles. The first-order chi connectivity index (χ1) is 9.44. The lowest BCUT2D eigenvalue weighted by atomic mass is 10.2. The number of sulfonamides is 1. The number of carbonyl (C=O) groups is 1. The van der Waals surface area contributed by atoms with Crippen LogP contribution in [0.3, 0.4) is 0 Å². The molecule has 0 bridgehead atoms. The van der Waals surface area contributed by atoms with Crippen LogP contribution in [0.15, 0.2) is 27.6 Å². The van der Waals surface area contributed by atoms with Crippen molar-refractivity contribution in [3.63, 3.8) is 0 Å². The number of amides is 1. The zero-order valence-corrected chi connectivity index (χ0v) is 13.2. The van der Waals surface area contributed by atoms with E-state index in [9.17, 15) is 26.4 Å². The number of alkyl halides is 3. The molecular formula is C11H12BrF3N2O3S. The Morgan fingerprint density at radius 3 is 2.33 bits per heavy atom. The van der Waals surface area contributed by atoms with Crippen LogP contribution in [0, 0.1) is 0 Å². The van der Waals surface area contributed by atoms with Gasteiger partial charge in [0.05, 0.1) is 4.90 Å². The summed E-state index contributed by atoms with van der Waals surface area (Å²) in [4.78, 5) is 12.3. The highest BCUT2D eigenvalue weighted by Gasteiger charge is 2.32. The van der Waals surface area contributed by atoms with E-state index in [2.05, 4.69) is 15.9 Å². The van der Waals surface area contributed by atoms with Gasteiger partial charge in [0.25, 0.3) is 5.91 Å². The first-order valence-corrected chi connectivity index (χ1v) is 7.97. The van der Waals surface area contributed by atoms with Crippen molar-refractivity contribution in [1.82, 2.24) is 4.90 Å². The van der Waals surface area contributed by atoms with Crippen molar-refractivity contribution in [2.45, 2.75) is 18.0 Å². The summed E-state index contributed by atoms with van der Waals surface area (Å²) in [5.41, 5.74) is -0.195. The van der Waals surface area contributed by atoms with E-state index in [0.717, 1.165) is 12.1 Å². The van der Waals surface area contributed by atoms with Crippen molar-refractivity contribution >= 4 is 31.9 Å². The van der Waals surface area contributed by atoms with Gasteiger partial charge in [0.2, 0.25) is 10.0 Å². The molecule has 5 nitrogen and oxygen atoms in total. The lowest BCUT2D eigenvalue weighted by Gasteiger charge is -2.22. The van der Waals surface area contributed by atoms with Crippen LogP contribution in [0.5, 0.6) is 0 Å². The van der Waals surface area contributed by atoms with Crippen LogP contribution in [0.25, 0.3) is 0 Å². The summed E-state index contributed by atoms with van der Waals surface area (Å²) in [5.74, 6) is -0.930. The Kier molecular flexibility index (Phi) is 5.40. The van der Waals surface area contributed by atoms with Gasteiger partial charge in [-0.25, -0.2) is 13.6 Å². The van der Waals surface area contributed by atoms with E-state index < -0.39 is 28.7 Å². The summed E-state index contributed by atoms with van der Waals surface area (Å²) in [5, 5.41) is 4.95. The van der Waals surface area contributed by atoms with Crippen LogP contribution in [-0.2, 0) is 10.0 Å². The van der Waals surface area contributed by atoms with Gasteiger partial charge in [-0.3, -0.25) is 4.79 Å². The molecule has 2 N–H and O–H groups in total. The van der Waals surface area contributed by atoms with Crippen molar-refractivity contribution in [3.05, 3.63) is 28.2 Å². The second-order valence-corrected chi connectivity index (χ2v) is 6.63. The first kappa shape index (κ1) is 17.9. The maximum atomic E-state index is 12.4. The number of halogens is 4. The Morgan fingerprint density at radius 2 is 1.90 bits per heavy atom. The Balaban J connectivity index is 3.20. The predicted octanol–water partition coefficient (Wildman–Crippen LogP) is 2.12. The van der Waals surface area contributed by atoms with Crippen LogP contribution in [0.1, 0.15) is 17.3 Å². The zero-order chi connectivity index (χ0) is 16.4. The van der Waals surface area contributed by atoms with E-state index in [0.29, 0.717) is 4.90 Å². The molecule has 1 aromatic carbocycles. The topological polar surface area (TPSA) is 80.5 Å². The number of benzene rings is 1. The highest BCUT2D eigenvalue weighted by molar-refractivity contribution is 9.10. The monoisotopic (exact) mass is 388 g/mol. The standard InChI is InChI=1S/C11H12BrF3N2O3S/c1-2-17(6-11(13,14)15)10(18)7-3-8(12)5-9(4-7)21(16,19)20/h3-5H,2,6H2,1H3,(H2,16,19,20). The average molecular weight is 389 g/mol. The minimum Gasteiger partial charge on any atom is -0.330 e. The van der Waals surface area contributed by atoms with Gasteiger partial charge in [-0.05, 0) is 25.1 Å². The SMILES string of the molecule is CCN(CC(F)(F)F)C(=O)c1cc(Br)cc(S(N)(=O)=O)c1. The minimum absolute atomic E-state index is 0.171. The van der Waals surface area contributed by atoms with Crippen molar-refractivity contribution in [2.24, 2.45) is 5.14 Å². The molecule has 21 heavy (non-hydrogen) atoms. The number of hydrogen-bond donors (Lipinski definition) is 1. The Morgan fingerprint density at radius 1 is 1.33 bits per heavy atom. The fourth-order valence-corrected chi connectivity index (χ4v) is 2.80. The van der Waals surface area contributed by atoms with Gasteiger partial charge in [0, 0.05) is 16.6 Å². The fourth-order valence-electron chi connectivity index (χ4n) is 1.58. The highest BCUT2D eigenvalue weighted by atomic mass is 79.9. The largest absolute Gasteiger partial charge is 0.406 e. The van der Waals surface area contributed by atoms with E-state index in [1.54, 1.807) is 0 Å². The molecule has 0 fully saturated rings. The second kappa shape index (κ2) is 6.32. The van der Waals surface area contributed by atoms with Crippen molar-refractivity contribution in [3.8, 4) is 0 Å². The molecule has 0 heterocycles. The quantitative estimate of drug-likeness (QED) is 0.857. The Hall–Kier alpha value is -1.13. The van der Waals surface area contributed by atoms with Gasteiger partial charge in [-0.2, -0.15) is 13.2 Å². The number of carbonyl (C=O) groups excluding carboxylic acids is 1. The molecule has 1 aromatic rings. The molecule has 0 aromatic heterocycles. The third kappa shape index (κ3) is 5.29. The molecule has 0 unspecified atom stereocenters. The summed E-state index contributed by atoms with van der Waals surface area (Å²) in [6.07, 6.45) is -4.54. The zero-order valence-electron chi connectivity index (χ0n) is 10.8. The van der Waals surface area contributed by atoms with Crippen LogP contribution in [-0.4, -0.2) is 38.5 Å². The van der Waals surface area contributed by atoms with Crippen LogP contribution in [0.4, 0.5) is 13.2 Å². The van der Waals surface area contributed by atoms with Gasteiger partial charge < -0.3 is 4.90 Å². The molecule has 10 heteroatoms. The lowest BCUT2D eigenvalue weighted by molar-refractivity contribution is -0.140. The van der Waals surface area contributed by atoms with Crippen LogP contribution in [0.2, 0.25) is 0 Å². The van der Waals surface area contributed by atoms with Crippen LogP contribution >= 0.6 is 15.9 Å². The van der Waals surface area contributed by atoms with Crippen molar-refractivity contribution in [2.75, 3.05) is 13.1 Å². The Labute approximate surface area is 128 Å². The summed E-state index contributed by atoms with van der Waals surface area (Å²) in [6.45, 7) is -0.197. The fraction of sp³-hybridized carbons (Fsp3) is 0.364. The lowest BCUT2D eigenvalue weighted by Crippen LogP contribution is -2.38. The molecule has 118 valence electrons. The molecule has 0 atom stereocenters. The molecule has 0 aliphatic rings. The second-order valence-electron chi connectivity index (χ2n) is 4.16. The first-order valence-electron chi connectivity index (χ1n) is 5.63. The van der Waals surface area contributed by atoms with Gasteiger partial charge >= 0.3 is 6.18 Å². The van der Waals surface area contributed by atoms with E-state index in [1.165, 1.54) is 13.0 Å². The molecule has 0 spiro atoms. The summed E-state index contributed by atoms with van der Waals surface area (Å²) >= 11 is 2.99. The maximum Gasteiger partial charge on any atom is 0.406 e. The Bertz CT molecular complexity index is 647. The molecule has 0 saturated carbocycles. The third-order valence-corrected chi connectivity index (χ3v) is 3.84. The summed E-state index contributed by atoms with van der Waals surface area (Å²) < 4.78 is 60.0. The minimum atomic E-state index is -4.54. The number of primary sulfonamides is 1. The molecule has 0 radical (unpaired) electrons. The smallest absolute Gasteiger partial charge is 0.330 e.